The Balaban J connectivity index is 1.25. The standard InChI is InChI=1S/C25H35ClFN3O7S/c1-25(2,3)37-24(32)29-9-8-17(12-29)36-18-13-30(14-18)38(33,34)28-23(31)19-10-20(26)22(11-21(19)27)35-15-16-6-4-5-7-16/h10-11,16-18H,4-9,12-15H2,1-3H3,(H,28,31)/t17-/m0/s1. The van der Waals surface area contributed by atoms with Gasteiger partial charge in [0.1, 0.15) is 17.2 Å². The number of likely N-dealkylation sites (tertiary alicyclic amines) is 1. The van der Waals surface area contributed by atoms with E-state index in [1.54, 1.807) is 25.7 Å². The number of nitrogens with one attached hydrogen (secondary N) is 1. The number of rotatable bonds is 8. The topological polar surface area (TPSA) is 114 Å². The maximum atomic E-state index is 14.7. The number of halogens is 2. The van der Waals surface area contributed by atoms with Crippen molar-refractivity contribution in [2.75, 3.05) is 32.8 Å². The molecular formula is C25H35ClFN3O7S. The van der Waals surface area contributed by atoms with E-state index in [1.807, 2.05) is 4.72 Å². The van der Waals surface area contributed by atoms with Gasteiger partial charge in [0.15, 0.2) is 0 Å². The SMILES string of the molecule is CC(C)(C)OC(=O)N1CC[C@H](OC2CN(S(=O)(=O)NC(=O)c3cc(Cl)c(OCC4CCCC4)cc3F)C2)C1. The molecule has 38 heavy (non-hydrogen) atoms. The molecule has 0 radical (unpaired) electrons. The van der Waals surface area contributed by atoms with Gasteiger partial charge in [-0.3, -0.25) is 4.79 Å². The molecule has 1 saturated carbocycles. The summed E-state index contributed by atoms with van der Waals surface area (Å²) in [5.41, 5.74) is -1.09. The van der Waals surface area contributed by atoms with Gasteiger partial charge < -0.3 is 19.1 Å². The Hall–Kier alpha value is -2.15. The summed E-state index contributed by atoms with van der Waals surface area (Å²) < 4.78 is 59.8. The lowest BCUT2D eigenvalue weighted by Gasteiger charge is -2.38. The third kappa shape index (κ3) is 7.28. The van der Waals surface area contributed by atoms with Gasteiger partial charge in [-0.15, -0.1) is 0 Å². The van der Waals surface area contributed by atoms with Crippen molar-refractivity contribution in [2.24, 2.45) is 5.92 Å². The van der Waals surface area contributed by atoms with Crippen LogP contribution in [0, 0.1) is 11.7 Å². The molecule has 2 saturated heterocycles. The van der Waals surface area contributed by atoms with Crippen molar-refractivity contribution in [2.45, 2.75) is 70.7 Å². The molecule has 2 aliphatic heterocycles. The van der Waals surface area contributed by atoms with Crippen molar-refractivity contribution < 1.29 is 36.6 Å². The molecule has 1 aromatic rings. The molecular weight excluding hydrogens is 541 g/mol. The summed E-state index contributed by atoms with van der Waals surface area (Å²) in [5, 5.41) is 0.0290. The molecule has 1 aromatic carbocycles. The largest absolute Gasteiger partial charge is 0.492 e. The van der Waals surface area contributed by atoms with Gasteiger partial charge in [-0.2, -0.15) is 12.7 Å². The number of nitrogens with zero attached hydrogens (tertiary/aromatic N) is 2. The van der Waals surface area contributed by atoms with Gasteiger partial charge in [0.2, 0.25) is 0 Å². The van der Waals surface area contributed by atoms with E-state index in [1.165, 1.54) is 0 Å². The normalized spacial score (nSPS) is 21.4. The molecule has 1 aliphatic carbocycles. The van der Waals surface area contributed by atoms with Gasteiger partial charge in [0.05, 0.1) is 35.9 Å². The first-order valence-corrected chi connectivity index (χ1v) is 14.7. The first kappa shape index (κ1) is 28.8. The molecule has 3 aliphatic rings. The summed E-state index contributed by atoms with van der Waals surface area (Å²) in [5.74, 6) is -1.54. The van der Waals surface area contributed by atoms with Crippen molar-refractivity contribution in [3.05, 3.63) is 28.5 Å². The first-order valence-electron chi connectivity index (χ1n) is 12.9. The smallest absolute Gasteiger partial charge is 0.410 e. The lowest BCUT2D eigenvalue weighted by molar-refractivity contribution is -0.0621. The second kappa shape index (κ2) is 11.5. The van der Waals surface area contributed by atoms with Crippen LogP contribution in [-0.2, 0) is 19.7 Å². The maximum absolute atomic E-state index is 14.7. The number of hydrogen-bond donors (Lipinski definition) is 1. The molecule has 3 fully saturated rings. The Morgan fingerprint density at radius 2 is 1.79 bits per heavy atom. The lowest BCUT2D eigenvalue weighted by atomic mass is 10.1. The third-order valence-corrected chi connectivity index (χ3v) is 8.49. The van der Waals surface area contributed by atoms with Crippen LogP contribution in [0.2, 0.25) is 5.02 Å². The van der Waals surface area contributed by atoms with Crippen LogP contribution in [0.5, 0.6) is 5.75 Å². The summed E-state index contributed by atoms with van der Waals surface area (Å²) in [4.78, 5) is 26.3. The second-order valence-electron chi connectivity index (χ2n) is 11.1. The molecule has 13 heteroatoms. The van der Waals surface area contributed by atoms with Gasteiger partial charge >= 0.3 is 16.3 Å². The molecule has 0 unspecified atom stereocenters. The van der Waals surface area contributed by atoms with Crippen LogP contribution in [0.1, 0.15) is 63.2 Å². The van der Waals surface area contributed by atoms with E-state index in [4.69, 9.17) is 25.8 Å². The van der Waals surface area contributed by atoms with Crippen molar-refractivity contribution in [3.8, 4) is 5.75 Å². The maximum Gasteiger partial charge on any atom is 0.410 e. The Labute approximate surface area is 227 Å². The number of ether oxygens (including phenoxy) is 3. The average Bonchev–Trinajstić information content (AvgIpc) is 3.46. The quantitative estimate of drug-likeness (QED) is 0.502. The van der Waals surface area contributed by atoms with Crippen LogP contribution in [0.4, 0.5) is 9.18 Å². The van der Waals surface area contributed by atoms with E-state index >= 15 is 0 Å². The monoisotopic (exact) mass is 575 g/mol. The van der Waals surface area contributed by atoms with Crippen LogP contribution in [0.15, 0.2) is 12.1 Å². The first-order chi connectivity index (χ1) is 17.8. The minimum absolute atomic E-state index is 0.0290. The summed E-state index contributed by atoms with van der Waals surface area (Å²) in [6, 6.07) is 2.08. The summed E-state index contributed by atoms with van der Waals surface area (Å²) in [6.45, 7) is 6.70. The highest BCUT2D eigenvalue weighted by Gasteiger charge is 2.40. The number of carbonyl (C=O) groups is 2. The predicted octanol–water partition coefficient (Wildman–Crippen LogP) is 3.73. The van der Waals surface area contributed by atoms with Crippen LogP contribution in [0.25, 0.3) is 0 Å². The van der Waals surface area contributed by atoms with Crippen LogP contribution >= 0.6 is 11.6 Å². The summed E-state index contributed by atoms with van der Waals surface area (Å²) in [7, 11) is -4.21. The minimum atomic E-state index is -4.21. The van der Waals surface area contributed by atoms with Gasteiger partial charge in [-0.1, -0.05) is 24.4 Å². The zero-order valence-electron chi connectivity index (χ0n) is 21.9. The van der Waals surface area contributed by atoms with E-state index in [2.05, 4.69) is 0 Å². The lowest BCUT2D eigenvalue weighted by Crippen LogP contribution is -2.59. The summed E-state index contributed by atoms with van der Waals surface area (Å²) >= 11 is 6.18. The fraction of sp³-hybridized carbons (Fsp3) is 0.680. The minimum Gasteiger partial charge on any atom is -0.492 e. The highest BCUT2D eigenvalue weighted by molar-refractivity contribution is 7.87. The van der Waals surface area contributed by atoms with Crippen molar-refractivity contribution in [3.63, 3.8) is 0 Å². The molecule has 4 rings (SSSR count). The van der Waals surface area contributed by atoms with Crippen molar-refractivity contribution in [1.82, 2.24) is 13.9 Å². The molecule has 2 amide bonds. The molecule has 212 valence electrons. The fourth-order valence-electron chi connectivity index (χ4n) is 4.72. The fourth-order valence-corrected chi connectivity index (χ4v) is 6.14. The van der Waals surface area contributed by atoms with Crippen molar-refractivity contribution >= 4 is 33.8 Å². The number of hydrogen-bond acceptors (Lipinski definition) is 7. The molecule has 1 N–H and O–H groups in total. The van der Waals surface area contributed by atoms with E-state index in [0.717, 1.165) is 42.1 Å². The van der Waals surface area contributed by atoms with Crippen LogP contribution in [-0.4, -0.2) is 80.2 Å². The predicted molar refractivity (Wildman–Crippen MR) is 138 cm³/mol. The van der Waals surface area contributed by atoms with Gasteiger partial charge in [0.25, 0.3) is 5.91 Å². The molecule has 0 spiro atoms. The number of amides is 2. The highest BCUT2D eigenvalue weighted by atomic mass is 35.5. The summed E-state index contributed by atoms with van der Waals surface area (Å²) in [6.07, 6.45) is 3.95. The Kier molecular flexibility index (Phi) is 8.75. The Morgan fingerprint density at radius 1 is 1.11 bits per heavy atom. The van der Waals surface area contributed by atoms with Crippen LogP contribution in [0.3, 0.4) is 0 Å². The second-order valence-corrected chi connectivity index (χ2v) is 13.2. The van der Waals surface area contributed by atoms with E-state index < -0.39 is 39.2 Å². The highest BCUT2D eigenvalue weighted by Crippen LogP contribution is 2.31. The van der Waals surface area contributed by atoms with E-state index in [-0.39, 0.29) is 36.1 Å². The zero-order valence-corrected chi connectivity index (χ0v) is 23.4. The Bertz CT molecular complexity index is 1150. The van der Waals surface area contributed by atoms with Gasteiger partial charge in [-0.25, -0.2) is 13.9 Å². The van der Waals surface area contributed by atoms with E-state index in [9.17, 15) is 22.4 Å². The van der Waals surface area contributed by atoms with Gasteiger partial charge in [-0.05, 0) is 52.0 Å². The molecule has 2 heterocycles. The number of benzene rings is 1. The van der Waals surface area contributed by atoms with Gasteiger partial charge in [0, 0.05) is 25.7 Å². The zero-order chi connectivity index (χ0) is 27.7. The molecule has 1 atom stereocenters. The van der Waals surface area contributed by atoms with Crippen molar-refractivity contribution in [1.29, 1.82) is 0 Å². The van der Waals surface area contributed by atoms with E-state index in [0.29, 0.717) is 32.0 Å². The van der Waals surface area contributed by atoms with Crippen LogP contribution < -0.4 is 9.46 Å². The third-order valence-electron chi connectivity index (χ3n) is 6.77. The average molecular weight is 576 g/mol. The molecule has 10 nitrogen and oxygen atoms in total. The molecule has 0 bridgehead atoms. The number of carbonyl (C=O) groups excluding carboxylic acids is 2. The Morgan fingerprint density at radius 3 is 2.45 bits per heavy atom. The molecule has 0 aromatic heterocycles.